The van der Waals surface area contributed by atoms with E-state index >= 15 is 0 Å². The highest BCUT2D eigenvalue weighted by molar-refractivity contribution is 5.39. The first-order valence-corrected chi connectivity index (χ1v) is 5.58. The molecule has 1 aromatic carbocycles. The van der Waals surface area contributed by atoms with Crippen LogP contribution in [0.3, 0.4) is 0 Å². The summed E-state index contributed by atoms with van der Waals surface area (Å²) in [6.07, 6.45) is -4.71. The van der Waals surface area contributed by atoms with Gasteiger partial charge in [0.25, 0.3) is 0 Å². The molecule has 1 aliphatic heterocycles. The van der Waals surface area contributed by atoms with E-state index in [2.05, 4.69) is 5.32 Å². The summed E-state index contributed by atoms with van der Waals surface area (Å²) in [5, 5.41) is 3.09. The van der Waals surface area contributed by atoms with Gasteiger partial charge in [0.2, 0.25) is 0 Å². The number of nitrogens with one attached hydrogen (secondary N) is 1. The molecule has 2 nitrogen and oxygen atoms in total. The first-order chi connectivity index (χ1) is 8.06. The highest BCUT2D eigenvalue weighted by Crippen LogP contribution is 2.31. The van der Waals surface area contributed by atoms with Crippen molar-refractivity contribution in [1.82, 2.24) is 5.32 Å². The van der Waals surface area contributed by atoms with Crippen LogP contribution in [0.25, 0.3) is 0 Å². The molecular formula is C12H14F3NO. The van der Waals surface area contributed by atoms with Crippen molar-refractivity contribution in [2.75, 3.05) is 13.2 Å². The van der Waals surface area contributed by atoms with Crippen LogP contribution in [0.5, 0.6) is 5.75 Å². The monoisotopic (exact) mass is 245 g/mol. The van der Waals surface area contributed by atoms with E-state index in [1.165, 1.54) is 0 Å². The summed E-state index contributed by atoms with van der Waals surface area (Å²) in [6, 6.07) is 7.60. The van der Waals surface area contributed by atoms with E-state index in [9.17, 15) is 13.2 Å². The second kappa shape index (κ2) is 4.96. The van der Waals surface area contributed by atoms with Crippen LogP contribution in [0.4, 0.5) is 13.2 Å². The summed E-state index contributed by atoms with van der Waals surface area (Å²) in [7, 11) is 0. The molecular weight excluding hydrogens is 231 g/mol. The third-order valence-corrected chi connectivity index (χ3v) is 2.73. The lowest BCUT2D eigenvalue weighted by atomic mass is 10.1. The number of benzene rings is 1. The Kier molecular flexibility index (Phi) is 3.57. The zero-order valence-corrected chi connectivity index (χ0v) is 9.26. The number of fused-ring (bicyclic) bond motifs is 1. The van der Waals surface area contributed by atoms with Gasteiger partial charge in [-0.2, -0.15) is 13.2 Å². The smallest absolute Gasteiger partial charge is 0.389 e. The fourth-order valence-corrected chi connectivity index (χ4v) is 1.90. The molecule has 1 aromatic rings. The molecule has 0 bridgehead atoms. The first-order valence-electron chi connectivity index (χ1n) is 5.58. The van der Waals surface area contributed by atoms with Gasteiger partial charge in [-0.3, -0.25) is 0 Å². The molecule has 1 unspecified atom stereocenters. The third kappa shape index (κ3) is 3.36. The second-order valence-electron chi connectivity index (χ2n) is 4.07. The van der Waals surface area contributed by atoms with Gasteiger partial charge in [-0.05, 0) is 19.0 Å². The average molecular weight is 245 g/mol. The summed E-state index contributed by atoms with van der Waals surface area (Å²) in [5.41, 5.74) is 1.03. The van der Waals surface area contributed by atoms with Gasteiger partial charge in [0.15, 0.2) is 0 Å². The summed E-state index contributed by atoms with van der Waals surface area (Å²) in [6.45, 7) is 0.841. The minimum absolute atomic E-state index is 0.0134. The van der Waals surface area contributed by atoms with Crippen molar-refractivity contribution in [2.45, 2.75) is 25.1 Å². The van der Waals surface area contributed by atoms with E-state index in [4.69, 9.17) is 4.74 Å². The Morgan fingerprint density at radius 2 is 2.06 bits per heavy atom. The summed E-state index contributed by atoms with van der Waals surface area (Å²) < 4.78 is 41.3. The standard InChI is InChI=1S/C12H14F3NO/c13-12(14,15)6-3-7-16-10-8-17-11-5-2-1-4-9(10)11/h1-2,4-5,10,16H,3,6-8H2. The van der Waals surface area contributed by atoms with Crippen molar-refractivity contribution < 1.29 is 17.9 Å². The van der Waals surface area contributed by atoms with Gasteiger partial charge in [0.1, 0.15) is 12.4 Å². The van der Waals surface area contributed by atoms with Crippen LogP contribution in [0.15, 0.2) is 24.3 Å². The molecule has 2 rings (SSSR count). The van der Waals surface area contributed by atoms with Crippen molar-refractivity contribution in [3.05, 3.63) is 29.8 Å². The lowest BCUT2D eigenvalue weighted by Crippen LogP contribution is -2.24. The molecule has 0 aromatic heterocycles. The highest BCUT2D eigenvalue weighted by atomic mass is 19.4. The molecule has 0 radical (unpaired) electrons. The summed E-state index contributed by atoms with van der Waals surface area (Å²) in [4.78, 5) is 0. The zero-order chi connectivity index (χ0) is 12.3. The number of ether oxygens (including phenoxy) is 1. The van der Waals surface area contributed by atoms with Crippen molar-refractivity contribution >= 4 is 0 Å². The lowest BCUT2D eigenvalue weighted by Gasteiger charge is -2.12. The maximum absolute atomic E-state index is 11.9. The van der Waals surface area contributed by atoms with Gasteiger partial charge in [0, 0.05) is 12.0 Å². The van der Waals surface area contributed by atoms with Crippen molar-refractivity contribution in [3.8, 4) is 5.75 Å². The predicted molar refractivity (Wildman–Crippen MR) is 58.0 cm³/mol. The van der Waals surface area contributed by atoms with Crippen LogP contribution in [-0.2, 0) is 0 Å². The largest absolute Gasteiger partial charge is 0.491 e. The molecule has 1 atom stereocenters. The Morgan fingerprint density at radius 3 is 2.82 bits per heavy atom. The van der Waals surface area contributed by atoms with E-state index in [1.807, 2.05) is 24.3 Å². The second-order valence-corrected chi connectivity index (χ2v) is 4.07. The maximum atomic E-state index is 11.9. The van der Waals surface area contributed by atoms with Crippen LogP contribution in [0, 0.1) is 0 Å². The molecule has 0 fully saturated rings. The number of hydrogen-bond acceptors (Lipinski definition) is 2. The minimum Gasteiger partial charge on any atom is -0.491 e. The van der Waals surface area contributed by atoms with Crippen LogP contribution >= 0.6 is 0 Å². The highest BCUT2D eigenvalue weighted by Gasteiger charge is 2.27. The molecule has 0 amide bonds. The maximum Gasteiger partial charge on any atom is 0.389 e. The van der Waals surface area contributed by atoms with Gasteiger partial charge in [-0.25, -0.2) is 0 Å². The van der Waals surface area contributed by atoms with Gasteiger partial charge in [-0.15, -0.1) is 0 Å². The van der Waals surface area contributed by atoms with Crippen LogP contribution in [-0.4, -0.2) is 19.3 Å². The molecule has 5 heteroatoms. The van der Waals surface area contributed by atoms with E-state index in [1.54, 1.807) is 0 Å². The first kappa shape index (κ1) is 12.2. The Bertz CT molecular complexity index is 378. The van der Waals surface area contributed by atoms with Gasteiger partial charge in [0.05, 0.1) is 6.04 Å². The van der Waals surface area contributed by atoms with Crippen LogP contribution in [0.2, 0.25) is 0 Å². The topological polar surface area (TPSA) is 21.3 Å². The lowest BCUT2D eigenvalue weighted by molar-refractivity contribution is -0.135. The molecule has 94 valence electrons. The predicted octanol–water partition coefficient (Wildman–Crippen LogP) is 3.05. The van der Waals surface area contributed by atoms with Crippen molar-refractivity contribution in [2.24, 2.45) is 0 Å². The Morgan fingerprint density at radius 1 is 1.29 bits per heavy atom. The SMILES string of the molecule is FC(F)(F)CCCNC1COc2ccccc21. The Hall–Kier alpha value is -1.23. The number of para-hydroxylation sites is 1. The number of rotatable bonds is 4. The molecule has 0 spiro atoms. The van der Waals surface area contributed by atoms with Crippen molar-refractivity contribution in [1.29, 1.82) is 0 Å². The van der Waals surface area contributed by atoms with E-state index < -0.39 is 12.6 Å². The number of halogens is 3. The normalized spacial score (nSPS) is 18.9. The number of hydrogen-bond donors (Lipinski definition) is 1. The van der Waals surface area contributed by atoms with Crippen LogP contribution in [0.1, 0.15) is 24.4 Å². The quantitative estimate of drug-likeness (QED) is 0.823. The Labute approximate surface area is 97.8 Å². The summed E-state index contributed by atoms with van der Waals surface area (Å²) in [5.74, 6) is 0.820. The average Bonchev–Trinajstić information content (AvgIpc) is 2.67. The van der Waals surface area contributed by atoms with Gasteiger partial charge >= 0.3 is 6.18 Å². The fraction of sp³-hybridized carbons (Fsp3) is 0.500. The third-order valence-electron chi connectivity index (χ3n) is 2.73. The van der Waals surface area contributed by atoms with E-state index in [0.717, 1.165) is 11.3 Å². The summed E-state index contributed by atoms with van der Waals surface area (Å²) >= 11 is 0. The molecule has 0 aliphatic carbocycles. The molecule has 1 N–H and O–H groups in total. The van der Waals surface area contributed by atoms with Crippen molar-refractivity contribution in [3.63, 3.8) is 0 Å². The molecule has 1 aliphatic rings. The Balaban J connectivity index is 1.78. The minimum atomic E-state index is -4.06. The molecule has 17 heavy (non-hydrogen) atoms. The molecule has 0 saturated heterocycles. The van der Waals surface area contributed by atoms with Gasteiger partial charge < -0.3 is 10.1 Å². The fourth-order valence-electron chi connectivity index (χ4n) is 1.90. The van der Waals surface area contributed by atoms with Crippen LogP contribution < -0.4 is 10.1 Å². The molecule has 1 heterocycles. The zero-order valence-electron chi connectivity index (χ0n) is 9.26. The van der Waals surface area contributed by atoms with E-state index in [-0.39, 0.29) is 12.5 Å². The van der Waals surface area contributed by atoms with Gasteiger partial charge in [-0.1, -0.05) is 18.2 Å². The molecule has 0 saturated carbocycles. The van der Waals surface area contributed by atoms with E-state index in [0.29, 0.717) is 13.2 Å². The number of alkyl halides is 3.